The molecule has 0 bridgehead atoms. The quantitative estimate of drug-likeness (QED) is 0.896. The van der Waals surface area contributed by atoms with Crippen LogP contribution in [0.15, 0.2) is 24.5 Å². The molecular formula is C16H17N7. The molecule has 0 spiro atoms. The molecule has 1 aliphatic heterocycles. The van der Waals surface area contributed by atoms with Crippen molar-refractivity contribution in [2.45, 2.75) is 18.8 Å². The largest absolute Gasteiger partial charge is 0.367 e. The summed E-state index contributed by atoms with van der Waals surface area (Å²) in [5, 5.41) is 20.9. The Bertz CT molecular complexity index is 727. The maximum Gasteiger partial charge on any atom is 0.182 e. The van der Waals surface area contributed by atoms with Crippen molar-refractivity contribution in [2.75, 3.05) is 29.9 Å². The lowest BCUT2D eigenvalue weighted by molar-refractivity contribution is 0.425. The molecule has 116 valence electrons. The maximum absolute atomic E-state index is 9.00. The number of hydrogen-bond acceptors (Lipinski definition) is 7. The summed E-state index contributed by atoms with van der Waals surface area (Å²) in [6.45, 7) is 2.65. The summed E-state index contributed by atoms with van der Waals surface area (Å²) in [6.07, 6.45) is 5.61. The molecular weight excluding hydrogens is 290 g/mol. The van der Waals surface area contributed by atoms with Crippen LogP contribution in [-0.4, -0.2) is 39.8 Å². The third-order valence-corrected chi connectivity index (χ3v) is 4.31. The van der Waals surface area contributed by atoms with E-state index in [0.29, 0.717) is 23.3 Å². The monoisotopic (exact) mass is 307 g/mol. The topological polar surface area (TPSA) is 90.6 Å². The van der Waals surface area contributed by atoms with Gasteiger partial charge in [-0.3, -0.25) is 0 Å². The highest BCUT2D eigenvalue weighted by molar-refractivity contribution is 5.47. The van der Waals surface area contributed by atoms with Crippen LogP contribution in [0, 0.1) is 17.2 Å². The number of nitriles is 1. The summed E-state index contributed by atoms with van der Waals surface area (Å²) < 4.78 is 0. The first-order valence-corrected chi connectivity index (χ1v) is 7.87. The number of anilines is 2. The number of nitrogens with zero attached hydrogens (tertiary/aromatic N) is 6. The van der Waals surface area contributed by atoms with E-state index in [1.54, 1.807) is 6.20 Å². The normalized spacial score (nSPS) is 17.4. The molecule has 23 heavy (non-hydrogen) atoms. The lowest BCUT2D eigenvalue weighted by Gasteiger charge is -2.40. The Morgan fingerprint density at radius 3 is 2.70 bits per heavy atom. The molecule has 0 radical (unpaired) electrons. The molecule has 0 amide bonds. The van der Waals surface area contributed by atoms with Gasteiger partial charge in [-0.05, 0) is 25.0 Å². The van der Waals surface area contributed by atoms with Gasteiger partial charge in [0.25, 0.3) is 0 Å². The number of rotatable bonds is 5. The molecule has 2 aromatic heterocycles. The first-order valence-electron chi connectivity index (χ1n) is 7.87. The first kappa shape index (κ1) is 13.9. The molecule has 4 rings (SSSR count). The molecule has 1 N–H and O–H groups in total. The number of nitrogens with one attached hydrogen (secondary N) is 1. The van der Waals surface area contributed by atoms with Crippen LogP contribution in [0.5, 0.6) is 0 Å². The van der Waals surface area contributed by atoms with Gasteiger partial charge in [0.05, 0.1) is 5.69 Å². The second kappa shape index (κ2) is 5.80. The van der Waals surface area contributed by atoms with Crippen LogP contribution in [0.2, 0.25) is 0 Å². The second-order valence-corrected chi connectivity index (χ2v) is 6.11. The first-order chi connectivity index (χ1) is 11.3. The Morgan fingerprint density at radius 2 is 2.00 bits per heavy atom. The minimum Gasteiger partial charge on any atom is -0.367 e. The Labute approximate surface area is 134 Å². The van der Waals surface area contributed by atoms with Crippen molar-refractivity contribution >= 4 is 11.6 Å². The summed E-state index contributed by atoms with van der Waals surface area (Å²) >= 11 is 0. The van der Waals surface area contributed by atoms with Crippen LogP contribution in [0.1, 0.15) is 30.1 Å². The summed E-state index contributed by atoms with van der Waals surface area (Å²) in [6, 6.07) is 6.22. The summed E-state index contributed by atoms with van der Waals surface area (Å²) in [5.74, 6) is 2.66. The lowest BCUT2D eigenvalue weighted by atomic mass is 10.0. The molecule has 7 nitrogen and oxygen atoms in total. The van der Waals surface area contributed by atoms with Gasteiger partial charge in [-0.25, -0.2) is 9.97 Å². The van der Waals surface area contributed by atoms with Gasteiger partial charge < -0.3 is 10.2 Å². The Kier molecular flexibility index (Phi) is 3.50. The molecule has 1 saturated heterocycles. The van der Waals surface area contributed by atoms with E-state index in [0.717, 1.165) is 31.1 Å². The fourth-order valence-corrected chi connectivity index (χ4v) is 2.78. The third kappa shape index (κ3) is 2.93. The van der Waals surface area contributed by atoms with Crippen LogP contribution in [-0.2, 0) is 0 Å². The van der Waals surface area contributed by atoms with Crippen molar-refractivity contribution in [1.29, 1.82) is 5.26 Å². The van der Waals surface area contributed by atoms with Crippen molar-refractivity contribution in [1.82, 2.24) is 20.2 Å². The molecule has 2 fully saturated rings. The molecule has 1 aliphatic carbocycles. The van der Waals surface area contributed by atoms with Crippen molar-refractivity contribution in [3.8, 4) is 6.07 Å². The van der Waals surface area contributed by atoms with Gasteiger partial charge in [0.2, 0.25) is 0 Å². The Balaban J connectivity index is 1.29. The van der Waals surface area contributed by atoms with Gasteiger partial charge in [-0.15, -0.1) is 5.10 Å². The summed E-state index contributed by atoms with van der Waals surface area (Å²) in [7, 11) is 0. The van der Waals surface area contributed by atoms with Gasteiger partial charge in [-0.2, -0.15) is 10.4 Å². The van der Waals surface area contributed by atoms with Crippen molar-refractivity contribution < 1.29 is 0 Å². The van der Waals surface area contributed by atoms with Crippen LogP contribution >= 0.6 is 0 Å². The molecule has 2 aromatic rings. The van der Waals surface area contributed by atoms with Crippen LogP contribution in [0.25, 0.3) is 0 Å². The van der Waals surface area contributed by atoms with Gasteiger partial charge in [0, 0.05) is 43.9 Å². The van der Waals surface area contributed by atoms with E-state index in [2.05, 4.69) is 42.5 Å². The predicted octanol–water partition coefficient (Wildman–Crippen LogP) is 1.56. The minimum atomic E-state index is 0.338. The Hall–Kier alpha value is -2.75. The van der Waals surface area contributed by atoms with Crippen molar-refractivity contribution in [3.63, 3.8) is 0 Å². The number of aromatic nitrogens is 4. The summed E-state index contributed by atoms with van der Waals surface area (Å²) in [5.41, 5.74) is 1.46. The average Bonchev–Trinajstić information content (AvgIpc) is 3.39. The highest BCUT2D eigenvalue weighted by atomic mass is 15.3. The molecule has 0 aromatic carbocycles. The van der Waals surface area contributed by atoms with E-state index in [9.17, 15) is 0 Å². The second-order valence-electron chi connectivity index (χ2n) is 6.11. The fraction of sp³-hybridized carbons (Fsp3) is 0.438. The SMILES string of the molecule is N#Cc1nccnc1NCC1CN(c2ccc(C3CC3)nn2)C1. The van der Waals surface area contributed by atoms with Gasteiger partial charge >= 0.3 is 0 Å². The van der Waals surface area contributed by atoms with E-state index in [1.165, 1.54) is 19.0 Å². The predicted molar refractivity (Wildman–Crippen MR) is 84.9 cm³/mol. The Morgan fingerprint density at radius 1 is 1.17 bits per heavy atom. The lowest BCUT2D eigenvalue weighted by Crippen LogP contribution is -2.50. The zero-order chi connectivity index (χ0) is 15.6. The fourth-order valence-electron chi connectivity index (χ4n) is 2.78. The van der Waals surface area contributed by atoms with Crippen molar-refractivity contribution in [3.05, 3.63) is 35.9 Å². The van der Waals surface area contributed by atoms with E-state index in [4.69, 9.17) is 5.26 Å². The van der Waals surface area contributed by atoms with Crippen LogP contribution in [0.4, 0.5) is 11.6 Å². The van der Waals surface area contributed by atoms with Gasteiger partial charge in [-0.1, -0.05) is 0 Å². The minimum absolute atomic E-state index is 0.338. The van der Waals surface area contributed by atoms with Crippen molar-refractivity contribution in [2.24, 2.45) is 5.92 Å². The molecule has 0 unspecified atom stereocenters. The maximum atomic E-state index is 9.00. The molecule has 7 heteroatoms. The third-order valence-electron chi connectivity index (χ3n) is 4.31. The number of hydrogen-bond donors (Lipinski definition) is 1. The van der Waals surface area contributed by atoms with E-state index in [-0.39, 0.29) is 0 Å². The highest BCUT2D eigenvalue weighted by Crippen LogP contribution is 2.38. The molecule has 1 saturated carbocycles. The van der Waals surface area contributed by atoms with Crippen LogP contribution in [0.3, 0.4) is 0 Å². The standard InChI is InChI=1S/C16H17N7/c17-7-14-16(19-6-5-18-14)20-8-11-9-23(10-11)15-4-3-13(21-22-15)12-1-2-12/h3-6,11-12H,1-2,8-10H2,(H,19,20). The smallest absolute Gasteiger partial charge is 0.182 e. The molecule has 2 aliphatic rings. The van der Waals surface area contributed by atoms with E-state index >= 15 is 0 Å². The van der Waals surface area contributed by atoms with Gasteiger partial charge in [0.15, 0.2) is 17.3 Å². The zero-order valence-electron chi connectivity index (χ0n) is 12.7. The molecule has 3 heterocycles. The average molecular weight is 307 g/mol. The van der Waals surface area contributed by atoms with Gasteiger partial charge in [0.1, 0.15) is 6.07 Å². The molecule has 0 atom stereocenters. The van der Waals surface area contributed by atoms with E-state index in [1.807, 2.05) is 6.07 Å². The van der Waals surface area contributed by atoms with Crippen LogP contribution < -0.4 is 10.2 Å². The summed E-state index contributed by atoms with van der Waals surface area (Å²) in [4.78, 5) is 10.4. The highest BCUT2D eigenvalue weighted by Gasteiger charge is 2.29. The zero-order valence-corrected chi connectivity index (χ0v) is 12.7. The van der Waals surface area contributed by atoms with E-state index < -0.39 is 0 Å².